The molecule has 1 aliphatic heterocycles. The van der Waals surface area contributed by atoms with E-state index in [1.807, 2.05) is 43.9 Å². The number of methoxy groups -OCH3 is 1. The Morgan fingerprint density at radius 1 is 1.33 bits per heavy atom. The maximum absolute atomic E-state index is 12.1. The van der Waals surface area contributed by atoms with Gasteiger partial charge in [-0.2, -0.15) is 0 Å². The first-order valence-corrected chi connectivity index (χ1v) is 9.11. The lowest BCUT2D eigenvalue weighted by Crippen LogP contribution is -2.39. The van der Waals surface area contributed by atoms with Crippen LogP contribution in [0.1, 0.15) is 26.3 Å². The van der Waals surface area contributed by atoms with Gasteiger partial charge in [0.2, 0.25) is 0 Å². The molecule has 132 valence electrons. The second-order valence-corrected chi connectivity index (χ2v) is 8.43. The van der Waals surface area contributed by atoms with Crippen molar-refractivity contribution in [3.63, 3.8) is 0 Å². The first kappa shape index (κ1) is 17.5. The number of benzene rings is 1. The van der Waals surface area contributed by atoms with Crippen LogP contribution in [0, 0.1) is 11.8 Å². The van der Waals surface area contributed by atoms with Crippen LogP contribution in [0.4, 0.5) is 4.79 Å². The smallest absolute Gasteiger partial charge is 0.410 e. The number of halogens is 1. The fraction of sp³-hybridized carbons (Fsp3) is 0.611. The first-order valence-electron chi connectivity index (χ1n) is 8.32. The van der Waals surface area contributed by atoms with Gasteiger partial charge < -0.3 is 19.7 Å². The number of rotatable bonds is 4. The van der Waals surface area contributed by atoms with Crippen LogP contribution in [0.3, 0.4) is 0 Å². The quantitative estimate of drug-likeness (QED) is 0.846. The molecule has 1 saturated carbocycles. The lowest BCUT2D eigenvalue weighted by atomic mass is 10.2. The predicted molar refractivity (Wildman–Crippen MR) is 96.1 cm³/mol. The molecular formula is C18H25BrN2O3. The minimum atomic E-state index is -0.430. The largest absolute Gasteiger partial charge is 0.497 e. The zero-order valence-corrected chi connectivity index (χ0v) is 16.2. The van der Waals surface area contributed by atoms with E-state index in [1.165, 1.54) is 5.56 Å². The van der Waals surface area contributed by atoms with Crippen molar-refractivity contribution in [1.29, 1.82) is 0 Å². The van der Waals surface area contributed by atoms with E-state index in [0.717, 1.165) is 29.9 Å². The molecule has 6 heteroatoms. The van der Waals surface area contributed by atoms with Gasteiger partial charge in [-0.3, -0.25) is 0 Å². The Bertz CT molecular complexity index is 617. The molecule has 1 saturated heterocycles. The topological polar surface area (TPSA) is 50.8 Å². The molecule has 5 nitrogen and oxygen atoms in total. The van der Waals surface area contributed by atoms with Gasteiger partial charge in [-0.1, -0.05) is 15.9 Å². The highest BCUT2D eigenvalue weighted by molar-refractivity contribution is 9.10. The molecule has 1 amide bonds. The molecule has 1 heterocycles. The third-order valence-electron chi connectivity index (χ3n) is 4.63. The molecule has 1 aromatic carbocycles. The molecule has 1 aromatic rings. The summed E-state index contributed by atoms with van der Waals surface area (Å²) in [7, 11) is 1.68. The number of ether oxygens (including phenoxy) is 2. The van der Waals surface area contributed by atoms with Crippen LogP contribution in [0.15, 0.2) is 22.7 Å². The van der Waals surface area contributed by atoms with Crippen LogP contribution < -0.4 is 10.1 Å². The molecule has 2 atom stereocenters. The van der Waals surface area contributed by atoms with Crippen molar-refractivity contribution in [3.05, 3.63) is 28.2 Å². The summed E-state index contributed by atoms with van der Waals surface area (Å²) in [4.78, 5) is 13.9. The molecule has 24 heavy (non-hydrogen) atoms. The minimum absolute atomic E-state index is 0.191. The fourth-order valence-corrected chi connectivity index (χ4v) is 3.73. The van der Waals surface area contributed by atoms with E-state index in [-0.39, 0.29) is 6.09 Å². The average Bonchev–Trinajstić information content (AvgIpc) is 2.95. The predicted octanol–water partition coefficient (Wildman–Crippen LogP) is 3.41. The number of hydrogen-bond donors (Lipinski definition) is 1. The van der Waals surface area contributed by atoms with Crippen LogP contribution >= 0.6 is 15.9 Å². The second-order valence-electron chi connectivity index (χ2n) is 7.58. The summed E-state index contributed by atoms with van der Waals surface area (Å²) >= 11 is 3.58. The Morgan fingerprint density at radius 2 is 2.00 bits per heavy atom. The highest BCUT2D eigenvalue weighted by Crippen LogP contribution is 2.46. The maximum atomic E-state index is 12.1. The van der Waals surface area contributed by atoms with Crippen molar-refractivity contribution in [2.45, 2.75) is 39.0 Å². The van der Waals surface area contributed by atoms with Crippen LogP contribution in [0.2, 0.25) is 0 Å². The monoisotopic (exact) mass is 396 g/mol. The van der Waals surface area contributed by atoms with Crippen molar-refractivity contribution in [1.82, 2.24) is 10.2 Å². The summed E-state index contributed by atoms with van der Waals surface area (Å²) in [5.74, 6) is 1.95. The Kier molecular flexibility index (Phi) is 4.80. The van der Waals surface area contributed by atoms with Crippen molar-refractivity contribution >= 4 is 22.0 Å². The second kappa shape index (κ2) is 6.56. The Morgan fingerprint density at radius 3 is 2.58 bits per heavy atom. The van der Waals surface area contributed by atoms with Crippen LogP contribution in [-0.4, -0.2) is 42.8 Å². The molecule has 0 radical (unpaired) electrons. The highest BCUT2D eigenvalue weighted by Gasteiger charge is 2.56. The number of hydrogen-bond acceptors (Lipinski definition) is 4. The number of nitrogens with one attached hydrogen (secondary N) is 1. The summed E-state index contributed by atoms with van der Waals surface area (Å²) in [6.07, 6.45) is -0.191. The van der Waals surface area contributed by atoms with Gasteiger partial charge in [-0.15, -0.1) is 0 Å². The van der Waals surface area contributed by atoms with Gasteiger partial charge in [0.15, 0.2) is 0 Å². The average molecular weight is 397 g/mol. The van der Waals surface area contributed by atoms with E-state index >= 15 is 0 Å². The van der Waals surface area contributed by atoms with Gasteiger partial charge >= 0.3 is 6.09 Å². The molecule has 1 N–H and O–H groups in total. The Labute approximate surface area is 151 Å². The summed E-state index contributed by atoms with van der Waals surface area (Å²) in [6, 6.07) is 6.48. The lowest BCUT2D eigenvalue weighted by Gasteiger charge is -2.26. The molecule has 0 bridgehead atoms. The molecule has 0 aromatic heterocycles. The lowest BCUT2D eigenvalue weighted by molar-refractivity contribution is 0.0269. The summed E-state index contributed by atoms with van der Waals surface area (Å²) < 4.78 is 11.8. The zero-order valence-electron chi connectivity index (χ0n) is 14.6. The molecule has 0 spiro atoms. The third-order valence-corrected chi connectivity index (χ3v) is 5.40. The van der Waals surface area contributed by atoms with Gasteiger partial charge in [0.1, 0.15) is 11.4 Å². The van der Waals surface area contributed by atoms with Crippen LogP contribution in [0.5, 0.6) is 5.75 Å². The van der Waals surface area contributed by atoms with Crippen molar-refractivity contribution in [3.8, 4) is 5.75 Å². The van der Waals surface area contributed by atoms with E-state index in [1.54, 1.807) is 7.11 Å². The van der Waals surface area contributed by atoms with Crippen molar-refractivity contribution in [2.75, 3.05) is 20.2 Å². The number of likely N-dealkylation sites (tertiary alicyclic amines) is 1. The van der Waals surface area contributed by atoms with Gasteiger partial charge in [0.25, 0.3) is 0 Å². The van der Waals surface area contributed by atoms with Gasteiger partial charge in [0.05, 0.1) is 7.11 Å². The fourth-order valence-electron chi connectivity index (χ4n) is 3.35. The minimum Gasteiger partial charge on any atom is -0.497 e. The standard InChI is InChI=1S/C18H25BrN2O3/c1-18(2,3)24-17(22)21-9-13-14(10-21)16(13)20-8-11-7-12(23-4)5-6-15(11)19/h5-7,13-14,16,20H,8-10H2,1-4H3. The number of piperidine rings is 1. The number of fused-ring (bicyclic) bond motifs is 1. The van der Waals surface area contributed by atoms with Gasteiger partial charge in [-0.05, 0) is 56.4 Å². The van der Waals surface area contributed by atoms with E-state index < -0.39 is 5.60 Å². The van der Waals surface area contributed by atoms with Gasteiger partial charge in [0, 0.05) is 30.1 Å². The van der Waals surface area contributed by atoms with E-state index in [9.17, 15) is 4.79 Å². The number of nitrogens with zero attached hydrogens (tertiary/aromatic N) is 1. The summed E-state index contributed by atoms with van der Waals surface area (Å²) in [5, 5.41) is 3.61. The van der Waals surface area contributed by atoms with Crippen molar-refractivity contribution in [2.24, 2.45) is 11.8 Å². The number of carbonyl (C=O) groups is 1. The van der Waals surface area contributed by atoms with E-state index in [4.69, 9.17) is 9.47 Å². The molecule has 2 aliphatic rings. The normalized spacial score (nSPS) is 25.4. The summed E-state index contributed by atoms with van der Waals surface area (Å²) in [6.45, 7) is 8.07. The van der Waals surface area contributed by atoms with Crippen LogP contribution in [0.25, 0.3) is 0 Å². The number of amides is 1. The SMILES string of the molecule is COc1ccc(Br)c(CNC2C3CN(C(=O)OC(C)(C)C)CC32)c1. The van der Waals surface area contributed by atoms with E-state index in [2.05, 4.69) is 21.2 Å². The zero-order chi connectivity index (χ0) is 17.5. The molecular weight excluding hydrogens is 372 g/mol. The van der Waals surface area contributed by atoms with Crippen molar-refractivity contribution < 1.29 is 14.3 Å². The van der Waals surface area contributed by atoms with Gasteiger partial charge in [-0.25, -0.2) is 4.79 Å². The Balaban J connectivity index is 1.48. The summed E-state index contributed by atoms with van der Waals surface area (Å²) in [5.41, 5.74) is 0.753. The molecule has 2 fully saturated rings. The third kappa shape index (κ3) is 3.86. The maximum Gasteiger partial charge on any atom is 0.410 e. The molecule has 2 unspecified atom stereocenters. The Hall–Kier alpha value is -1.27. The highest BCUT2D eigenvalue weighted by atomic mass is 79.9. The first-order chi connectivity index (χ1) is 11.3. The molecule has 1 aliphatic carbocycles. The number of carbonyl (C=O) groups excluding carboxylic acids is 1. The molecule has 3 rings (SSSR count). The van der Waals surface area contributed by atoms with Crippen LogP contribution in [-0.2, 0) is 11.3 Å². The van der Waals surface area contributed by atoms with E-state index in [0.29, 0.717) is 17.9 Å².